The van der Waals surface area contributed by atoms with E-state index in [9.17, 15) is 0 Å². The van der Waals surface area contributed by atoms with Crippen molar-refractivity contribution in [2.24, 2.45) is 0 Å². The molecule has 0 bridgehead atoms. The molecule has 0 aliphatic carbocycles. The van der Waals surface area contributed by atoms with Gasteiger partial charge in [-0.3, -0.25) is 9.97 Å². The molecule has 6 rings (SSSR count). The van der Waals surface area contributed by atoms with Crippen LogP contribution < -0.4 is 0 Å². The summed E-state index contributed by atoms with van der Waals surface area (Å²) in [6.45, 7) is 4.57. The van der Waals surface area contributed by atoms with Crippen LogP contribution in [0.5, 0.6) is 0 Å². The molecule has 6 heteroatoms. The number of pyridine rings is 2. The molecule has 0 aromatic carbocycles. The Bertz CT molecular complexity index is 1570. The third-order valence-corrected chi connectivity index (χ3v) is 13.2. The fourth-order valence-corrected chi connectivity index (χ4v) is 10.8. The molecule has 0 saturated carbocycles. The van der Waals surface area contributed by atoms with Gasteiger partial charge in [0, 0.05) is 50.7 Å². The molecule has 0 radical (unpaired) electrons. The maximum Gasteiger partial charge on any atom is 0.0892 e. The molecule has 230 valence electrons. The summed E-state index contributed by atoms with van der Waals surface area (Å²) in [5, 5.41) is 0. The van der Waals surface area contributed by atoms with Gasteiger partial charge in [-0.05, 0) is 85.3 Å². The van der Waals surface area contributed by atoms with Crippen LogP contribution >= 0.6 is 45.3 Å². The zero-order valence-corrected chi connectivity index (χ0v) is 29.5. The Labute approximate surface area is 279 Å². The summed E-state index contributed by atoms with van der Waals surface area (Å²) in [6, 6.07) is 18.3. The lowest BCUT2D eigenvalue weighted by molar-refractivity contribution is 0.609. The Hall–Kier alpha value is -2.38. The Balaban J connectivity index is 1.10. The van der Waals surface area contributed by atoms with Crippen molar-refractivity contribution in [1.29, 1.82) is 0 Å². The third kappa shape index (κ3) is 8.06. The first-order valence-corrected chi connectivity index (χ1v) is 19.9. The van der Waals surface area contributed by atoms with Crippen molar-refractivity contribution in [3.05, 3.63) is 70.7 Å². The van der Waals surface area contributed by atoms with Crippen LogP contribution in [-0.2, 0) is 12.8 Å². The second-order valence-electron chi connectivity index (χ2n) is 12.0. The number of hydrogen-bond donors (Lipinski definition) is 0. The second kappa shape index (κ2) is 15.8. The van der Waals surface area contributed by atoms with Gasteiger partial charge in [-0.2, -0.15) is 0 Å². The molecule has 2 nitrogen and oxygen atoms in total. The number of aryl methyl sites for hydroxylation is 2. The van der Waals surface area contributed by atoms with Crippen LogP contribution in [0, 0.1) is 0 Å². The van der Waals surface area contributed by atoms with Crippen LogP contribution in [-0.4, -0.2) is 9.97 Å². The third-order valence-electron chi connectivity index (χ3n) is 8.42. The minimum absolute atomic E-state index is 0.935. The molecule has 6 aromatic heterocycles. The predicted molar refractivity (Wildman–Crippen MR) is 199 cm³/mol. The standard InChI is InChI=1S/C38H44N2S4/c1-3-5-7-9-11-13-15-29-23-35-37(41-29)25-33(43-35)27-17-19-39-31(21-27)32-22-28(18-20-40-32)34-26-38-36(44-34)24-30(42-38)16-14-12-10-8-6-4-2/h17-26H,3-16H2,1-2H3. The van der Waals surface area contributed by atoms with Gasteiger partial charge in [0.1, 0.15) is 0 Å². The molecule has 0 fully saturated rings. The maximum atomic E-state index is 4.73. The van der Waals surface area contributed by atoms with Gasteiger partial charge < -0.3 is 0 Å². The number of hydrogen-bond acceptors (Lipinski definition) is 6. The van der Waals surface area contributed by atoms with E-state index in [0.717, 1.165) is 11.4 Å². The van der Waals surface area contributed by atoms with E-state index in [-0.39, 0.29) is 0 Å². The molecule has 0 spiro atoms. The van der Waals surface area contributed by atoms with Gasteiger partial charge >= 0.3 is 0 Å². The fourth-order valence-electron chi connectivity index (χ4n) is 5.91. The molecule has 0 saturated heterocycles. The van der Waals surface area contributed by atoms with Gasteiger partial charge in [0.05, 0.1) is 11.4 Å². The molecule has 44 heavy (non-hydrogen) atoms. The maximum absolute atomic E-state index is 4.73. The van der Waals surface area contributed by atoms with Crippen molar-refractivity contribution in [2.75, 3.05) is 0 Å². The van der Waals surface area contributed by atoms with Gasteiger partial charge in [0.15, 0.2) is 0 Å². The molecule has 6 aromatic rings. The van der Waals surface area contributed by atoms with E-state index in [1.54, 1.807) is 0 Å². The minimum atomic E-state index is 0.935. The second-order valence-corrected chi connectivity index (χ2v) is 16.5. The molecular weight excluding hydrogens is 613 g/mol. The molecular formula is C38H44N2S4. The lowest BCUT2D eigenvalue weighted by Crippen LogP contribution is -1.88. The highest BCUT2D eigenvalue weighted by Crippen LogP contribution is 2.41. The average molecular weight is 657 g/mol. The molecule has 0 atom stereocenters. The number of nitrogens with zero attached hydrogens (tertiary/aromatic N) is 2. The van der Waals surface area contributed by atoms with Gasteiger partial charge in [-0.1, -0.05) is 78.1 Å². The monoisotopic (exact) mass is 656 g/mol. The Morgan fingerprint density at radius 2 is 0.864 bits per heavy atom. The highest BCUT2D eigenvalue weighted by molar-refractivity contribution is 7.30. The minimum Gasteiger partial charge on any atom is -0.255 e. The first-order valence-electron chi connectivity index (χ1n) is 16.7. The molecule has 6 heterocycles. The normalized spacial score (nSPS) is 11.8. The van der Waals surface area contributed by atoms with Gasteiger partial charge in [-0.25, -0.2) is 0 Å². The largest absolute Gasteiger partial charge is 0.255 e. The highest BCUT2D eigenvalue weighted by atomic mass is 32.1. The summed E-state index contributed by atoms with van der Waals surface area (Å²) in [4.78, 5) is 15.2. The molecule has 0 aliphatic rings. The van der Waals surface area contributed by atoms with Crippen LogP contribution in [0.25, 0.3) is 51.1 Å². The van der Waals surface area contributed by atoms with Crippen LogP contribution in [0.4, 0.5) is 0 Å². The first-order chi connectivity index (χ1) is 21.7. The van der Waals surface area contributed by atoms with Crippen LogP contribution in [0.15, 0.2) is 60.9 Å². The van der Waals surface area contributed by atoms with Crippen LogP contribution in [0.2, 0.25) is 0 Å². The quantitative estimate of drug-likeness (QED) is 0.0913. The first kappa shape index (κ1) is 31.6. The summed E-state index contributed by atoms with van der Waals surface area (Å²) in [7, 11) is 0. The van der Waals surface area contributed by atoms with Crippen molar-refractivity contribution in [1.82, 2.24) is 9.97 Å². The summed E-state index contributed by atoms with van der Waals surface area (Å²) in [5.41, 5.74) is 4.32. The van der Waals surface area contributed by atoms with Crippen LogP contribution in [0.3, 0.4) is 0 Å². The van der Waals surface area contributed by atoms with E-state index >= 15 is 0 Å². The topological polar surface area (TPSA) is 25.8 Å². The number of aromatic nitrogens is 2. The Kier molecular flexibility index (Phi) is 11.3. The number of unbranched alkanes of at least 4 members (excludes halogenated alkanes) is 10. The molecule has 0 unspecified atom stereocenters. The van der Waals surface area contributed by atoms with Crippen molar-refractivity contribution in [3.8, 4) is 32.3 Å². The zero-order chi connectivity index (χ0) is 30.1. The molecule has 0 amide bonds. The SMILES string of the molecule is CCCCCCCCc1cc2sc(-c3ccnc(-c4cc(-c5cc6sc(CCCCCCCC)cc6s5)ccn4)c3)cc2s1. The van der Waals surface area contributed by atoms with Crippen molar-refractivity contribution in [3.63, 3.8) is 0 Å². The summed E-state index contributed by atoms with van der Waals surface area (Å²) >= 11 is 7.76. The molecule has 0 aliphatic heterocycles. The predicted octanol–water partition coefficient (Wildman–Crippen LogP) is 13.8. The van der Waals surface area contributed by atoms with E-state index in [2.05, 4.69) is 62.4 Å². The van der Waals surface area contributed by atoms with Crippen LogP contribution in [0.1, 0.15) is 101 Å². The number of rotatable bonds is 17. The number of thiophene rings is 4. The zero-order valence-electron chi connectivity index (χ0n) is 26.2. The van der Waals surface area contributed by atoms with E-state index in [4.69, 9.17) is 9.97 Å². The van der Waals surface area contributed by atoms with E-state index < -0.39 is 0 Å². The lowest BCUT2D eigenvalue weighted by atomic mass is 10.1. The fraction of sp³-hybridized carbons (Fsp3) is 0.421. The smallest absolute Gasteiger partial charge is 0.0892 e. The number of fused-ring (bicyclic) bond motifs is 2. The van der Waals surface area contributed by atoms with Gasteiger partial charge in [-0.15, -0.1) is 45.3 Å². The van der Waals surface area contributed by atoms with Gasteiger partial charge in [0.25, 0.3) is 0 Å². The lowest BCUT2D eigenvalue weighted by Gasteiger charge is -2.05. The Morgan fingerprint density at radius 3 is 1.30 bits per heavy atom. The molecule has 0 N–H and O–H groups in total. The summed E-state index contributed by atoms with van der Waals surface area (Å²) in [5.74, 6) is 0. The highest BCUT2D eigenvalue weighted by Gasteiger charge is 2.13. The summed E-state index contributed by atoms with van der Waals surface area (Å²) in [6.07, 6.45) is 22.6. The van der Waals surface area contributed by atoms with E-state index in [1.807, 2.05) is 57.7 Å². The summed E-state index contributed by atoms with van der Waals surface area (Å²) < 4.78 is 5.66. The van der Waals surface area contributed by atoms with Crippen molar-refractivity contribution >= 4 is 64.1 Å². The van der Waals surface area contributed by atoms with Crippen molar-refractivity contribution < 1.29 is 0 Å². The van der Waals surface area contributed by atoms with E-state index in [1.165, 1.54) is 139 Å². The van der Waals surface area contributed by atoms with E-state index in [0.29, 0.717) is 0 Å². The van der Waals surface area contributed by atoms with Crippen molar-refractivity contribution in [2.45, 2.75) is 104 Å². The average Bonchev–Trinajstić information content (AvgIpc) is 3.81. The van der Waals surface area contributed by atoms with Gasteiger partial charge in [0.2, 0.25) is 0 Å². The Morgan fingerprint density at radius 1 is 0.455 bits per heavy atom.